The maximum Gasteiger partial charge on any atom is 0.131 e. The molecule has 2 heterocycles. The van der Waals surface area contributed by atoms with Crippen molar-refractivity contribution in [2.75, 3.05) is 0 Å². The number of nitrogens with zero attached hydrogens (tertiary/aromatic N) is 1. The van der Waals surface area contributed by atoms with Crippen LogP contribution in [0, 0.1) is 16.9 Å². The van der Waals surface area contributed by atoms with Gasteiger partial charge in [-0.25, -0.2) is 4.98 Å². The Morgan fingerprint density at radius 1 is 1.21 bits per heavy atom. The number of allylic oxidation sites excluding steroid dienone is 2. The normalized spacial score (nSPS) is 20.5. The molecule has 1 aromatic heterocycles. The lowest BCUT2D eigenvalue weighted by molar-refractivity contribution is 0.462. The van der Waals surface area contributed by atoms with Crippen LogP contribution in [0.15, 0.2) is 22.9 Å². The third-order valence-corrected chi connectivity index (χ3v) is 6.67. The molecule has 1 aliphatic heterocycles. The number of thioether (sulfide) groups is 1. The van der Waals surface area contributed by atoms with E-state index < -0.39 is 8.07 Å². The van der Waals surface area contributed by atoms with Crippen molar-refractivity contribution in [3.8, 4) is 11.5 Å². The average molecular weight is 376 g/mol. The fourth-order valence-electron chi connectivity index (χ4n) is 2.54. The van der Waals surface area contributed by atoms with E-state index in [0.717, 1.165) is 10.7 Å². The summed E-state index contributed by atoms with van der Waals surface area (Å²) in [5.41, 5.74) is 4.50. The van der Waals surface area contributed by atoms with Crippen LogP contribution in [0.3, 0.4) is 0 Å². The van der Waals surface area contributed by atoms with E-state index in [1.165, 1.54) is 37.0 Å². The molecule has 24 heavy (non-hydrogen) atoms. The molecule has 1 unspecified atom stereocenters. The lowest BCUT2D eigenvalue weighted by Crippen LogP contribution is -2.16. The molecule has 0 saturated carbocycles. The van der Waals surface area contributed by atoms with Crippen LogP contribution in [-0.2, 0) is 0 Å². The van der Waals surface area contributed by atoms with Gasteiger partial charge in [0, 0.05) is 15.7 Å². The van der Waals surface area contributed by atoms with Crippen molar-refractivity contribution in [1.82, 2.24) is 4.98 Å². The first kappa shape index (κ1) is 19.6. The predicted octanol–water partition coefficient (Wildman–Crippen LogP) is 6.95. The van der Waals surface area contributed by atoms with Crippen LogP contribution in [0.1, 0.15) is 56.7 Å². The minimum atomic E-state index is -1.34. The Bertz CT molecular complexity index is 670. The molecule has 2 rings (SSSR count). The summed E-state index contributed by atoms with van der Waals surface area (Å²) in [5.74, 6) is 3.27. The molecular weight excluding hydrogens is 346 g/mol. The first-order valence-electron chi connectivity index (χ1n) is 8.88. The highest BCUT2D eigenvalue weighted by molar-refractivity contribution is 8.11. The molecule has 0 saturated heterocycles. The van der Waals surface area contributed by atoms with Crippen molar-refractivity contribution in [3.05, 3.63) is 33.6 Å². The maximum atomic E-state index is 4.76. The van der Waals surface area contributed by atoms with Gasteiger partial charge in [-0.3, -0.25) is 0 Å². The molecule has 1 aliphatic rings. The number of hydrogen-bond donors (Lipinski definition) is 0. The number of rotatable bonds is 6. The van der Waals surface area contributed by atoms with Gasteiger partial charge in [0.05, 0.1) is 0 Å². The lowest BCUT2D eigenvalue weighted by Gasteiger charge is -2.26. The molecule has 1 atom stereocenters. The van der Waals surface area contributed by atoms with Gasteiger partial charge in [-0.15, -0.1) is 16.9 Å². The Morgan fingerprint density at radius 3 is 2.71 bits per heavy atom. The number of aromatic nitrogens is 1. The zero-order valence-corrected chi connectivity index (χ0v) is 18.2. The van der Waals surface area contributed by atoms with Gasteiger partial charge in [0.2, 0.25) is 0 Å². The molecule has 0 bridgehead atoms. The summed E-state index contributed by atoms with van der Waals surface area (Å²) in [4.78, 5) is 6.05. The first-order valence-corrected chi connectivity index (χ1v) is 14.1. The quantitative estimate of drug-likeness (QED) is 0.303. The van der Waals surface area contributed by atoms with Crippen molar-refractivity contribution < 1.29 is 0 Å². The summed E-state index contributed by atoms with van der Waals surface area (Å²) in [6.45, 7) is 11.4. The molecule has 0 spiro atoms. The molecule has 0 amide bonds. The monoisotopic (exact) mass is 375 g/mol. The van der Waals surface area contributed by atoms with Crippen molar-refractivity contribution in [2.45, 2.75) is 65.6 Å². The molecule has 0 aliphatic carbocycles. The second-order valence-electron chi connectivity index (χ2n) is 7.78. The van der Waals surface area contributed by atoms with Crippen LogP contribution in [0.4, 0.5) is 0 Å². The van der Waals surface area contributed by atoms with Gasteiger partial charge in [0.25, 0.3) is 0 Å². The van der Waals surface area contributed by atoms with Crippen molar-refractivity contribution in [2.24, 2.45) is 5.41 Å². The first-order chi connectivity index (χ1) is 11.3. The Labute approximate surface area is 157 Å². The summed E-state index contributed by atoms with van der Waals surface area (Å²) in [6.07, 6.45) is 11.3. The van der Waals surface area contributed by atoms with E-state index >= 15 is 0 Å². The van der Waals surface area contributed by atoms with E-state index in [1.807, 2.05) is 0 Å². The van der Waals surface area contributed by atoms with E-state index in [1.54, 1.807) is 23.1 Å². The molecule has 0 aromatic carbocycles. The molecule has 130 valence electrons. The zero-order chi connectivity index (χ0) is 17.6. The van der Waals surface area contributed by atoms with Gasteiger partial charge in [0.1, 0.15) is 18.8 Å². The fraction of sp³-hybridized carbons (Fsp3) is 0.550. The van der Waals surface area contributed by atoms with Crippen LogP contribution < -0.4 is 0 Å². The smallest absolute Gasteiger partial charge is 0.131 e. The number of hydrogen-bond acceptors (Lipinski definition) is 3. The van der Waals surface area contributed by atoms with Crippen LogP contribution >= 0.6 is 23.1 Å². The molecule has 4 heteroatoms. The van der Waals surface area contributed by atoms with Crippen LogP contribution in [0.5, 0.6) is 0 Å². The summed E-state index contributed by atoms with van der Waals surface area (Å²) < 4.78 is 0. The largest absolute Gasteiger partial charge is 0.227 e. The molecule has 1 nitrogen and oxygen atoms in total. The van der Waals surface area contributed by atoms with E-state index in [4.69, 9.17) is 4.98 Å². The molecule has 0 radical (unpaired) electrons. The minimum absolute atomic E-state index is 0.171. The van der Waals surface area contributed by atoms with Crippen molar-refractivity contribution >= 4 is 36.1 Å². The molecule has 0 fully saturated rings. The molecular formula is C20H29NS2Si. The summed E-state index contributed by atoms with van der Waals surface area (Å²) in [6, 6.07) is 0. The van der Waals surface area contributed by atoms with Crippen LogP contribution in [-0.4, -0.2) is 13.1 Å². The van der Waals surface area contributed by atoms with Crippen LogP contribution in [0.2, 0.25) is 19.6 Å². The van der Waals surface area contributed by atoms with Gasteiger partial charge in [-0.05, 0) is 11.8 Å². The highest BCUT2D eigenvalue weighted by atomic mass is 32.2. The lowest BCUT2D eigenvalue weighted by atomic mass is 9.84. The Kier molecular flexibility index (Phi) is 6.97. The Hall–Kier alpha value is -0.763. The standard InChI is InChI=1S/C20H29NS2Si/c1-6-7-8-9-11-20(2)12-13-22-18(15-20)19-21-17(16-23-19)10-14-24(3,4)5/h12-13,15-16H,6-9,11H2,1-5H3. The summed E-state index contributed by atoms with van der Waals surface area (Å²) in [5, 5.41) is 5.45. The van der Waals surface area contributed by atoms with Gasteiger partial charge in [-0.1, -0.05) is 89.0 Å². The Morgan fingerprint density at radius 2 is 2.00 bits per heavy atom. The van der Waals surface area contributed by atoms with E-state index in [-0.39, 0.29) is 5.41 Å². The van der Waals surface area contributed by atoms with E-state index in [2.05, 4.69) is 67.9 Å². The third-order valence-electron chi connectivity index (χ3n) is 3.95. The van der Waals surface area contributed by atoms with Crippen molar-refractivity contribution in [1.29, 1.82) is 0 Å². The maximum absolute atomic E-state index is 4.76. The van der Waals surface area contributed by atoms with Gasteiger partial charge in [0.15, 0.2) is 0 Å². The summed E-state index contributed by atoms with van der Waals surface area (Å²) in [7, 11) is -1.34. The zero-order valence-electron chi connectivity index (χ0n) is 15.6. The van der Waals surface area contributed by atoms with E-state index in [9.17, 15) is 0 Å². The average Bonchev–Trinajstić information content (AvgIpc) is 2.98. The fourth-order valence-corrected chi connectivity index (χ4v) is 5.00. The van der Waals surface area contributed by atoms with Crippen molar-refractivity contribution in [3.63, 3.8) is 0 Å². The number of thiazole rings is 1. The summed E-state index contributed by atoms with van der Waals surface area (Å²) >= 11 is 3.51. The predicted molar refractivity (Wildman–Crippen MR) is 114 cm³/mol. The number of unbranched alkanes of at least 4 members (excludes halogenated alkanes) is 3. The third kappa shape index (κ3) is 6.27. The van der Waals surface area contributed by atoms with Crippen LogP contribution in [0.25, 0.3) is 4.91 Å². The second kappa shape index (κ2) is 8.56. The topological polar surface area (TPSA) is 12.9 Å². The molecule has 1 aromatic rings. The highest BCUT2D eigenvalue weighted by Gasteiger charge is 2.23. The minimum Gasteiger partial charge on any atom is -0.227 e. The van der Waals surface area contributed by atoms with Gasteiger partial charge < -0.3 is 0 Å². The van der Waals surface area contributed by atoms with E-state index in [0.29, 0.717) is 0 Å². The molecule has 0 N–H and O–H groups in total. The second-order valence-corrected chi connectivity index (χ2v) is 14.3. The SMILES string of the molecule is CCCCCCC1(C)C=CSC(c2nc(C#C[Si](C)(C)C)cs2)=C1. The van der Waals surface area contributed by atoms with Gasteiger partial charge >= 0.3 is 0 Å². The highest BCUT2D eigenvalue weighted by Crippen LogP contribution is 2.42. The van der Waals surface area contributed by atoms with Gasteiger partial charge in [-0.2, -0.15) is 0 Å². The Balaban J connectivity index is 2.08.